The maximum atomic E-state index is 5.39. The van der Waals surface area contributed by atoms with Gasteiger partial charge < -0.3 is 10.1 Å². The second kappa shape index (κ2) is 7.21. The highest BCUT2D eigenvalue weighted by Crippen LogP contribution is 2.38. The zero-order chi connectivity index (χ0) is 15.4. The Labute approximate surface area is 134 Å². The molecule has 2 aromatic rings. The summed E-state index contributed by atoms with van der Waals surface area (Å²) in [6.07, 6.45) is 2.97. The summed E-state index contributed by atoms with van der Waals surface area (Å²) in [5.74, 6) is 1.81. The Morgan fingerprint density at radius 1 is 1.32 bits per heavy atom. The van der Waals surface area contributed by atoms with E-state index < -0.39 is 0 Å². The van der Waals surface area contributed by atoms with Crippen LogP contribution in [0.2, 0.25) is 0 Å². The molecule has 0 bridgehead atoms. The molecular weight excluding hydrogens is 291 g/mol. The third-order valence-corrected chi connectivity index (χ3v) is 5.78. The van der Waals surface area contributed by atoms with Crippen molar-refractivity contribution >= 4 is 8.58 Å². The number of aromatic nitrogens is 1. The van der Waals surface area contributed by atoms with E-state index in [4.69, 9.17) is 4.74 Å². The summed E-state index contributed by atoms with van der Waals surface area (Å²) >= 11 is 0. The molecule has 1 aromatic heterocycles. The van der Waals surface area contributed by atoms with E-state index in [2.05, 4.69) is 47.6 Å². The van der Waals surface area contributed by atoms with Crippen molar-refractivity contribution in [3.8, 4) is 5.75 Å². The van der Waals surface area contributed by atoms with Crippen LogP contribution in [0.3, 0.4) is 0 Å². The third kappa shape index (κ3) is 3.66. The van der Waals surface area contributed by atoms with Crippen molar-refractivity contribution in [2.24, 2.45) is 0 Å². The molecule has 4 atom stereocenters. The Kier molecular flexibility index (Phi) is 5.07. The largest absolute Gasteiger partial charge is 0.497 e. The first-order chi connectivity index (χ1) is 10.8. The monoisotopic (exact) mass is 314 g/mol. The van der Waals surface area contributed by atoms with E-state index in [1.54, 1.807) is 7.11 Å². The van der Waals surface area contributed by atoms with Crippen molar-refractivity contribution in [3.63, 3.8) is 0 Å². The van der Waals surface area contributed by atoms with Crippen molar-refractivity contribution in [1.29, 1.82) is 0 Å². The molecule has 4 unspecified atom stereocenters. The molecule has 4 heteroatoms. The summed E-state index contributed by atoms with van der Waals surface area (Å²) in [5, 5.41) is 3.66. The number of hydrogen-bond acceptors (Lipinski definition) is 3. The number of benzene rings is 1. The second-order valence-corrected chi connectivity index (χ2v) is 7.86. The fraction of sp³-hybridized carbons (Fsp3) is 0.389. The van der Waals surface area contributed by atoms with E-state index in [9.17, 15) is 0 Å². The molecule has 1 aliphatic rings. The van der Waals surface area contributed by atoms with Gasteiger partial charge in [-0.15, -0.1) is 0 Å². The van der Waals surface area contributed by atoms with Crippen LogP contribution in [0.15, 0.2) is 48.7 Å². The smallest absolute Gasteiger partial charge is 0.119 e. The highest BCUT2D eigenvalue weighted by Gasteiger charge is 2.26. The van der Waals surface area contributed by atoms with E-state index in [0.717, 1.165) is 38.6 Å². The van der Waals surface area contributed by atoms with Gasteiger partial charge in [0.15, 0.2) is 0 Å². The second-order valence-electron chi connectivity index (χ2n) is 5.85. The molecule has 2 heterocycles. The van der Waals surface area contributed by atoms with Gasteiger partial charge >= 0.3 is 0 Å². The number of ether oxygens (including phenoxy) is 1. The average molecular weight is 314 g/mol. The molecule has 0 amide bonds. The van der Waals surface area contributed by atoms with Crippen LogP contribution in [0.25, 0.3) is 0 Å². The maximum absolute atomic E-state index is 5.39. The van der Waals surface area contributed by atoms with Gasteiger partial charge in [-0.25, -0.2) is 0 Å². The van der Waals surface area contributed by atoms with Gasteiger partial charge in [0, 0.05) is 30.1 Å². The van der Waals surface area contributed by atoms with Crippen LogP contribution in [0.5, 0.6) is 5.75 Å². The molecule has 1 N–H and O–H groups in total. The molecule has 1 aromatic carbocycles. The first kappa shape index (κ1) is 15.5. The number of nitrogens with one attached hydrogen (secondary N) is 1. The Hall–Kier alpha value is -1.44. The fourth-order valence-electron chi connectivity index (χ4n) is 3.04. The Morgan fingerprint density at radius 2 is 2.23 bits per heavy atom. The van der Waals surface area contributed by atoms with Gasteiger partial charge in [0.05, 0.1) is 7.11 Å². The van der Waals surface area contributed by atoms with E-state index in [1.165, 1.54) is 5.56 Å². The van der Waals surface area contributed by atoms with E-state index in [-0.39, 0.29) is 0 Å². The van der Waals surface area contributed by atoms with Crippen LogP contribution < -0.4 is 10.1 Å². The molecular formula is C18H23N2OP. The first-order valence-electron chi connectivity index (χ1n) is 7.80. The maximum Gasteiger partial charge on any atom is 0.119 e. The first-order valence-corrected chi connectivity index (χ1v) is 8.96. The topological polar surface area (TPSA) is 34.1 Å². The summed E-state index contributed by atoms with van der Waals surface area (Å²) < 4.78 is 5.39. The molecule has 0 spiro atoms. The molecule has 3 nitrogen and oxygen atoms in total. The summed E-state index contributed by atoms with van der Waals surface area (Å²) in [6.45, 7) is 3.46. The molecule has 1 saturated heterocycles. The summed E-state index contributed by atoms with van der Waals surface area (Å²) in [6, 6.07) is 14.6. The van der Waals surface area contributed by atoms with Crippen LogP contribution in [-0.2, 0) is 0 Å². The molecule has 22 heavy (non-hydrogen) atoms. The minimum Gasteiger partial charge on any atom is -0.497 e. The molecule has 0 saturated carbocycles. The van der Waals surface area contributed by atoms with Crippen LogP contribution >= 0.6 is 8.58 Å². The Balaban J connectivity index is 1.88. The lowest BCUT2D eigenvalue weighted by molar-refractivity contribution is 0.413. The summed E-state index contributed by atoms with van der Waals surface area (Å²) in [5.41, 5.74) is 3.21. The van der Waals surface area contributed by atoms with Gasteiger partial charge in [-0.1, -0.05) is 33.7 Å². The quantitative estimate of drug-likeness (QED) is 0.856. The van der Waals surface area contributed by atoms with E-state index >= 15 is 0 Å². The number of pyridine rings is 1. The lowest BCUT2D eigenvalue weighted by Gasteiger charge is -2.21. The van der Waals surface area contributed by atoms with Gasteiger partial charge in [0.1, 0.15) is 5.75 Å². The fourth-order valence-corrected chi connectivity index (χ4v) is 4.57. The number of nitrogens with zero attached hydrogens (tertiary/aromatic N) is 1. The van der Waals surface area contributed by atoms with Crippen LogP contribution in [0.1, 0.15) is 30.5 Å². The highest BCUT2D eigenvalue weighted by molar-refractivity contribution is 7.40. The van der Waals surface area contributed by atoms with E-state index in [1.807, 2.05) is 18.3 Å². The minimum atomic E-state index is 0.312. The number of rotatable bonds is 5. The summed E-state index contributed by atoms with van der Waals surface area (Å²) in [4.78, 5) is 4.61. The highest BCUT2D eigenvalue weighted by atomic mass is 31.1. The Bertz CT molecular complexity index is 605. The third-order valence-electron chi connectivity index (χ3n) is 4.17. The van der Waals surface area contributed by atoms with Crippen molar-refractivity contribution in [2.45, 2.75) is 30.7 Å². The van der Waals surface area contributed by atoms with Gasteiger partial charge in [0.25, 0.3) is 0 Å². The van der Waals surface area contributed by atoms with Crippen molar-refractivity contribution in [3.05, 3.63) is 59.9 Å². The molecule has 0 aliphatic carbocycles. The normalized spacial score (nSPS) is 23.5. The molecule has 1 fully saturated rings. The number of methoxy groups -OCH3 is 1. The molecule has 116 valence electrons. The van der Waals surface area contributed by atoms with Crippen molar-refractivity contribution < 1.29 is 4.74 Å². The molecule has 1 aliphatic heterocycles. The van der Waals surface area contributed by atoms with Gasteiger partial charge in [-0.2, -0.15) is 0 Å². The van der Waals surface area contributed by atoms with Gasteiger partial charge in [0.2, 0.25) is 0 Å². The zero-order valence-electron chi connectivity index (χ0n) is 13.1. The predicted molar refractivity (Wildman–Crippen MR) is 93.3 cm³/mol. The SMILES string of the molecule is COc1cccc(C(CC2NCC(C)P2)c2ccccn2)c1. The minimum absolute atomic E-state index is 0.312. The van der Waals surface area contributed by atoms with Crippen molar-refractivity contribution in [2.75, 3.05) is 13.7 Å². The molecule has 0 radical (unpaired) electrons. The van der Waals surface area contributed by atoms with Crippen LogP contribution in [0.4, 0.5) is 0 Å². The van der Waals surface area contributed by atoms with Gasteiger partial charge in [-0.05, 0) is 41.9 Å². The van der Waals surface area contributed by atoms with E-state index in [0.29, 0.717) is 11.7 Å². The van der Waals surface area contributed by atoms with Crippen LogP contribution in [-0.4, -0.2) is 30.1 Å². The predicted octanol–water partition coefficient (Wildman–Crippen LogP) is 3.61. The summed E-state index contributed by atoms with van der Waals surface area (Å²) in [7, 11) is 2.70. The Morgan fingerprint density at radius 3 is 2.91 bits per heavy atom. The van der Waals surface area contributed by atoms with Gasteiger partial charge in [-0.3, -0.25) is 4.98 Å². The number of hydrogen-bond donors (Lipinski definition) is 1. The zero-order valence-corrected chi connectivity index (χ0v) is 14.1. The lowest BCUT2D eigenvalue weighted by Crippen LogP contribution is -2.23. The van der Waals surface area contributed by atoms with Crippen LogP contribution in [0, 0.1) is 0 Å². The standard InChI is InChI=1S/C18H23N2OP/c1-13-12-20-18(22-13)11-16(17-8-3-4-9-19-17)14-6-5-7-15(10-14)21-2/h3-10,13,16,18,20,22H,11-12H2,1-2H3. The molecule has 3 rings (SSSR count). The lowest BCUT2D eigenvalue weighted by atomic mass is 9.91. The average Bonchev–Trinajstić information content (AvgIpc) is 2.98. The van der Waals surface area contributed by atoms with Crippen molar-refractivity contribution in [1.82, 2.24) is 10.3 Å².